The van der Waals surface area contributed by atoms with Crippen molar-refractivity contribution in [2.45, 2.75) is 31.1 Å². The van der Waals surface area contributed by atoms with Crippen LogP contribution in [0.3, 0.4) is 0 Å². The van der Waals surface area contributed by atoms with Gasteiger partial charge < -0.3 is 4.42 Å². The minimum Gasteiger partial charge on any atom is -0.467 e. The average Bonchev–Trinajstić information content (AvgIpc) is 3.63. The zero-order valence-electron chi connectivity index (χ0n) is 19.7. The summed E-state index contributed by atoms with van der Waals surface area (Å²) in [6.45, 7) is 6.44. The van der Waals surface area contributed by atoms with Gasteiger partial charge in [0, 0.05) is 23.6 Å². The number of aryl methyl sites for hydroxylation is 1. The number of amides is 1. The summed E-state index contributed by atoms with van der Waals surface area (Å²) in [5.41, 5.74) is 3.84. The van der Waals surface area contributed by atoms with E-state index in [9.17, 15) is 4.79 Å². The minimum absolute atomic E-state index is 0.143. The van der Waals surface area contributed by atoms with Crippen molar-refractivity contribution in [1.29, 1.82) is 0 Å². The second-order valence-electron chi connectivity index (χ2n) is 8.39. The average molecular weight is 518 g/mol. The molecule has 0 aliphatic carbocycles. The van der Waals surface area contributed by atoms with E-state index in [-0.39, 0.29) is 17.7 Å². The minimum atomic E-state index is -0.312. The molecule has 7 nitrogen and oxygen atoms in total. The topological polar surface area (TPSA) is 76.5 Å². The van der Waals surface area contributed by atoms with Crippen molar-refractivity contribution in [1.82, 2.24) is 19.8 Å². The Kier molecular flexibility index (Phi) is 7.06. The molecule has 1 aliphatic heterocycles. The molecule has 4 aromatic rings. The van der Waals surface area contributed by atoms with Gasteiger partial charge in [-0.15, -0.1) is 16.8 Å². The van der Waals surface area contributed by atoms with Crippen LogP contribution in [0, 0.1) is 6.92 Å². The normalized spacial score (nSPS) is 15.2. The molecule has 0 saturated heterocycles. The molecule has 3 heterocycles. The van der Waals surface area contributed by atoms with Crippen LogP contribution in [0.15, 0.2) is 94.3 Å². The molecule has 5 rings (SSSR count). The summed E-state index contributed by atoms with van der Waals surface area (Å²) in [7, 11) is 0. The first-order valence-corrected chi connectivity index (χ1v) is 12.8. The lowest BCUT2D eigenvalue weighted by Gasteiger charge is -2.19. The second kappa shape index (κ2) is 10.6. The summed E-state index contributed by atoms with van der Waals surface area (Å²) in [6, 6.07) is 18.9. The zero-order valence-corrected chi connectivity index (χ0v) is 21.2. The van der Waals surface area contributed by atoms with Crippen LogP contribution in [0.5, 0.6) is 0 Å². The van der Waals surface area contributed by atoms with Gasteiger partial charge in [0.2, 0.25) is 0 Å². The number of thioether (sulfide) groups is 1. The van der Waals surface area contributed by atoms with Crippen molar-refractivity contribution in [2.75, 3.05) is 5.75 Å². The van der Waals surface area contributed by atoms with Gasteiger partial charge in [-0.2, -0.15) is 5.10 Å². The molecule has 0 spiro atoms. The number of hydrogen-bond donors (Lipinski definition) is 0. The highest BCUT2D eigenvalue weighted by Gasteiger charge is 2.35. The Bertz CT molecular complexity index is 1410. The number of aromatic nitrogens is 3. The lowest BCUT2D eigenvalue weighted by molar-refractivity contribution is -0.130. The second-order valence-corrected chi connectivity index (χ2v) is 9.77. The molecule has 182 valence electrons. The lowest BCUT2D eigenvalue weighted by Crippen LogP contribution is -2.28. The van der Waals surface area contributed by atoms with Crippen molar-refractivity contribution in [2.24, 2.45) is 5.10 Å². The van der Waals surface area contributed by atoms with Gasteiger partial charge in [-0.1, -0.05) is 65.3 Å². The van der Waals surface area contributed by atoms with Crippen LogP contribution in [0.4, 0.5) is 0 Å². The fourth-order valence-electron chi connectivity index (χ4n) is 4.14. The number of halogens is 1. The van der Waals surface area contributed by atoms with Crippen molar-refractivity contribution >= 4 is 35.0 Å². The molecule has 0 fully saturated rings. The van der Waals surface area contributed by atoms with Crippen LogP contribution in [0.2, 0.25) is 5.02 Å². The number of furan rings is 1. The first-order valence-electron chi connectivity index (χ1n) is 11.5. The predicted molar refractivity (Wildman–Crippen MR) is 142 cm³/mol. The Labute approximate surface area is 218 Å². The number of hydrazone groups is 1. The summed E-state index contributed by atoms with van der Waals surface area (Å²) >= 11 is 7.38. The highest BCUT2D eigenvalue weighted by molar-refractivity contribution is 7.99. The van der Waals surface area contributed by atoms with E-state index in [2.05, 4.69) is 27.9 Å². The molecule has 0 radical (unpaired) electrons. The number of rotatable bonds is 8. The maximum absolute atomic E-state index is 13.4. The zero-order chi connectivity index (χ0) is 25.1. The summed E-state index contributed by atoms with van der Waals surface area (Å²) in [5.74, 6) is 1.44. The predicted octanol–water partition coefficient (Wildman–Crippen LogP) is 6.16. The van der Waals surface area contributed by atoms with Crippen LogP contribution >= 0.6 is 23.4 Å². The van der Waals surface area contributed by atoms with Gasteiger partial charge in [0.05, 0.1) is 17.7 Å². The Morgan fingerprint density at radius 2 is 2.00 bits per heavy atom. The third-order valence-electron chi connectivity index (χ3n) is 5.84. The first-order chi connectivity index (χ1) is 17.5. The number of benzene rings is 2. The standard InChI is InChI=1S/C27H24ClN5O2S/c1-3-13-32-26(20-7-4-6-18(2)15-20)29-30-27(32)36-17-25(34)33-23(24-8-5-14-35-24)16-22(31-33)19-9-11-21(28)12-10-19/h3-12,14-15,23H,1,13,16-17H2,2H3. The van der Waals surface area contributed by atoms with Gasteiger partial charge in [-0.25, -0.2) is 5.01 Å². The Morgan fingerprint density at radius 1 is 1.17 bits per heavy atom. The number of carbonyl (C=O) groups is 1. The van der Waals surface area contributed by atoms with Gasteiger partial charge in [-0.3, -0.25) is 9.36 Å². The van der Waals surface area contributed by atoms with E-state index in [1.165, 1.54) is 16.8 Å². The summed E-state index contributed by atoms with van der Waals surface area (Å²) < 4.78 is 7.61. The summed E-state index contributed by atoms with van der Waals surface area (Å²) in [4.78, 5) is 13.4. The fourth-order valence-corrected chi connectivity index (χ4v) is 5.07. The quantitative estimate of drug-likeness (QED) is 0.207. The van der Waals surface area contributed by atoms with Crippen LogP contribution in [0.1, 0.15) is 29.3 Å². The van der Waals surface area contributed by atoms with E-state index in [0.29, 0.717) is 28.9 Å². The number of allylic oxidation sites excluding steroid dienone is 1. The molecule has 9 heteroatoms. The largest absolute Gasteiger partial charge is 0.467 e. The van der Waals surface area contributed by atoms with Crippen molar-refractivity contribution in [3.8, 4) is 11.4 Å². The monoisotopic (exact) mass is 517 g/mol. The molecule has 1 unspecified atom stereocenters. The highest BCUT2D eigenvalue weighted by Crippen LogP contribution is 2.34. The third-order valence-corrected chi connectivity index (χ3v) is 7.05. The van der Waals surface area contributed by atoms with E-state index < -0.39 is 0 Å². The Balaban J connectivity index is 1.38. The molecule has 2 aromatic carbocycles. The van der Waals surface area contributed by atoms with Gasteiger partial charge in [0.1, 0.15) is 11.8 Å². The van der Waals surface area contributed by atoms with E-state index >= 15 is 0 Å². The van der Waals surface area contributed by atoms with Gasteiger partial charge >= 0.3 is 0 Å². The maximum Gasteiger partial charge on any atom is 0.253 e. The Morgan fingerprint density at radius 3 is 2.72 bits per heavy atom. The van der Waals surface area contributed by atoms with Crippen LogP contribution < -0.4 is 0 Å². The molecule has 0 saturated carbocycles. The SMILES string of the molecule is C=CCn1c(SCC(=O)N2N=C(c3ccc(Cl)cc3)CC2c2ccco2)nnc1-c1cccc(C)c1. The van der Waals surface area contributed by atoms with E-state index in [0.717, 1.165) is 28.2 Å². The van der Waals surface area contributed by atoms with Crippen LogP contribution in [-0.2, 0) is 11.3 Å². The smallest absolute Gasteiger partial charge is 0.253 e. The molecule has 1 amide bonds. The number of nitrogens with zero attached hydrogens (tertiary/aromatic N) is 5. The molecule has 2 aromatic heterocycles. The first kappa shape index (κ1) is 24.1. The van der Waals surface area contributed by atoms with Gasteiger partial charge in [0.25, 0.3) is 5.91 Å². The maximum atomic E-state index is 13.4. The third kappa shape index (κ3) is 5.01. The van der Waals surface area contributed by atoms with Gasteiger partial charge in [0.15, 0.2) is 11.0 Å². The number of carbonyl (C=O) groups excluding carboxylic acids is 1. The fraction of sp³-hybridized carbons (Fsp3) is 0.185. The van der Waals surface area contributed by atoms with E-state index in [1.54, 1.807) is 12.3 Å². The molecule has 1 atom stereocenters. The summed E-state index contributed by atoms with van der Waals surface area (Å²) in [6.07, 6.45) is 3.96. The van der Waals surface area contributed by atoms with Crippen molar-refractivity contribution in [3.63, 3.8) is 0 Å². The Hall–Kier alpha value is -3.62. The molecule has 1 aliphatic rings. The van der Waals surface area contributed by atoms with Crippen LogP contribution in [-0.4, -0.2) is 37.1 Å². The molecule has 0 bridgehead atoms. The van der Waals surface area contributed by atoms with E-state index in [4.69, 9.17) is 16.0 Å². The number of hydrogen-bond acceptors (Lipinski definition) is 6. The van der Waals surface area contributed by atoms with Crippen molar-refractivity contribution in [3.05, 3.63) is 101 Å². The van der Waals surface area contributed by atoms with Crippen molar-refractivity contribution < 1.29 is 9.21 Å². The molecular formula is C27H24ClN5O2S. The molecule has 36 heavy (non-hydrogen) atoms. The van der Waals surface area contributed by atoms with Crippen LogP contribution in [0.25, 0.3) is 11.4 Å². The lowest BCUT2D eigenvalue weighted by atomic mass is 10.0. The molecular weight excluding hydrogens is 494 g/mol. The molecule has 0 N–H and O–H groups in total. The van der Waals surface area contributed by atoms with E-state index in [1.807, 2.05) is 66.1 Å². The summed E-state index contributed by atoms with van der Waals surface area (Å²) in [5, 5.41) is 16.3. The highest BCUT2D eigenvalue weighted by atomic mass is 35.5. The van der Waals surface area contributed by atoms with Gasteiger partial charge in [-0.05, 0) is 42.8 Å².